The van der Waals surface area contributed by atoms with Gasteiger partial charge in [-0.1, -0.05) is 12.8 Å². The van der Waals surface area contributed by atoms with E-state index in [4.69, 9.17) is 4.74 Å². The maximum atomic E-state index is 12.8. The Kier molecular flexibility index (Phi) is 5.72. The number of nitrogens with zero attached hydrogens (tertiary/aromatic N) is 2. The molecule has 1 aromatic rings. The second kappa shape index (κ2) is 7.77. The summed E-state index contributed by atoms with van der Waals surface area (Å²) in [6, 6.07) is 2.74. The first-order chi connectivity index (χ1) is 11.1. The van der Waals surface area contributed by atoms with Crippen molar-refractivity contribution in [2.75, 3.05) is 19.6 Å². The molecule has 0 aromatic carbocycles. The lowest BCUT2D eigenvalue weighted by molar-refractivity contribution is -0.145. The third-order valence-electron chi connectivity index (χ3n) is 4.92. The zero-order valence-electron chi connectivity index (χ0n) is 14.2. The van der Waals surface area contributed by atoms with Crippen LogP contribution >= 0.6 is 11.3 Å². The number of carbonyl (C=O) groups excluding carboxylic acids is 1. The zero-order chi connectivity index (χ0) is 16.2. The minimum Gasteiger partial charge on any atom is -0.372 e. The second-order valence-electron chi connectivity index (χ2n) is 7.03. The van der Waals surface area contributed by atoms with Gasteiger partial charge in [0.15, 0.2) is 0 Å². The van der Waals surface area contributed by atoms with Crippen LogP contribution in [0.5, 0.6) is 0 Å². The smallest absolute Gasteiger partial charge is 0.236 e. The van der Waals surface area contributed by atoms with Crippen LogP contribution in [0.4, 0.5) is 0 Å². The minimum absolute atomic E-state index is 0.138. The predicted octanol–water partition coefficient (Wildman–Crippen LogP) is 3.13. The third-order valence-corrected chi connectivity index (χ3v) is 5.65. The summed E-state index contributed by atoms with van der Waals surface area (Å²) in [7, 11) is 0. The van der Waals surface area contributed by atoms with Crippen molar-refractivity contribution in [3.8, 4) is 0 Å². The molecule has 1 aliphatic heterocycles. The summed E-state index contributed by atoms with van der Waals surface area (Å²) in [5, 5.41) is 4.32. The highest BCUT2D eigenvalue weighted by Gasteiger charge is 2.30. The highest BCUT2D eigenvalue weighted by Crippen LogP contribution is 2.25. The Hall–Kier alpha value is -0.910. The normalized spacial score (nSPS) is 26.1. The molecule has 3 rings (SSSR count). The van der Waals surface area contributed by atoms with Gasteiger partial charge in [0.2, 0.25) is 5.91 Å². The van der Waals surface area contributed by atoms with E-state index in [1.807, 2.05) is 4.90 Å². The van der Waals surface area contributed by atoms with Gasteiger partial charge in [-0.25, -0.2) is 0 Å². The number of rotatable bonds is 5. The van der Waals surface area contributed by atoms with Gasteiger partial charge in [-0.2, -0.15) is 11.3 Å². The van der Waals surface area contributed by atoms with Crippen LogP contribution < -0.4 is 0 Å². The summed E-state index contributed by atoms with van der Waals surface area (Å²) < 4.78 is 5.75. The molecule has 0 spiro atoms. The number of thiophene rings is 1. The van der Waals surface area contributed by atoms with Gasteiger partial charge in [0.1, 0.15) is 0 Å². The lowest BCUT2D eigenvalue weighted by Crippen LogP contribution is -2.51. The molecule has 2 heterocycles. The zero-order valence-corrected chi connectivity index (χ0v) is 15.1. The van der Waals surface area contributed by atoms with E-state index in [1.54, 1.807) is 11.3 Å². The Bertz CT molecular complexity index is 489. The SMILES string of the molecule is C[C@@H]1CN(C(=O)CN(Cc2ccsc2)C2CCCC2)C[C@H](C)O1. The Balaban J connectivity index is 1.63. The molecule has 128 valence electrons. The quantitative estimate of drug-likeness (QED) is 0.828. The molecule has 0 bridgehead atoms. The standard InChI is InChI=1S/C18H28N2O2S/c1-14-9-20(10-15(2)22-14)18(21)12-19(17-5-3-4-6-17)11-16-7-8-23-13-16/h7-8,13-15,17H,3-6,9-12H2,1-2H3/t14-,15+. The van der Waals surface area contributed by atoms with Gasteiger partial charge in [0.05, 0.1) is 18.8 Å². The monoisotopic (exact) mass is 336 g/mol. The molecule has 0 N–H and O–H groups in total. The molecule has 1 saturated carbocycles. The highest BCUT2D eigenvalue weighted by atomic mass is 32.1. The number of morpholine rings is 1. The molecule has 2 fully saturated rings. The molecule has 1 amide bonds. The molecular weight excluding hydrogens is 308 g/mol. The average Bonchev–Trinajstić information content (AvgIpc) is 3.19. The molecule has 0 unspecified atom stereocenters. The third kappa shape index (κ3) is 4.55. The van der Waals surface area contributed by atoms with E-state index in [9.17, 15) is 4.79 Å². The van der Waals surface area contributed by atoms with Crippen LogP contribution in [0.3, 0.4) is 0 Å². The van der Waals surface area contributed by atoms with Crippen LogP contribution in [0.25, 0.3) is 0 Å². The van der Waals surface area contributed by atoms with Crippen LogP contribution in [0.2, 0.25) is 0 Å². The highest BCUT2D eigenvalue weighted by molar-refractivity contribution is 7.07. The van der Waals surface area contributed by atoms with E-state index in [1.165, 1.54) is 31.2 Å². The fraction of sp³-hybridized carbons (Fsp3) is 0.722. The molecule has 5 heteroatoms. The van der Waals surface area contributed by atoms with E-state index in [-0.39, 0.29) is 18.1 Å². The van der Waals surface area contributed by atoms with Crippen LogP contribution in [-0.2, 0) is 16.1 Å². The summed E-state index contributed by atoms with van der Waals surface area (Å²) >= 11 is 1.73. The van der Waals surface area contributed by atoms with Crippen molar-refractivity contribution in [3.05, 3.63) is 22.4 Å². The van der Waals surface area contributed by atoms with Gasteiger partial charge in [0, 0.05) is 25.7 Å². The largest absolute Gasteiger partial charge is 0.372 e. The van der Waals surface area contributed by atoms with Crippen LogP contribution in [-0.4, -0.2) is 53.6 Å². The van der Waals surface area contributed by atoms with Crippen molar-refractivity contribution in [1.29, 1.82) is 0 Å². The number of ether oxygens (including phenoxy) is 1. The maximum absolute atomic E-state index is 12.8. The van der Waals surface area contributed by atoms with Gasteiger partial charge in [-0.3, -0.25) is 9.69 Å². The van der Waals surface area contributed by atoms with Crippen molar-refractivity contribution in [3.63, 3.8) is 0 Å². The average molecular weight is 337 g/mol. The fourth-order valence-corrected chi connectivity index (χ4v) is 4.52. The first-order valence-electron chi connectivity index (χ1n) is 8.80. The van der Waals surface area contributed by atoms with Crippen molar-refractivity contribution < 1.29 is 9.53 Å². The topological polar surface area (TPSA) is 32.8 Å². The van der Waals surface area contributed by atoms with E-state index in [0.717, 1.165) is 19.6 Å². The van der Waals surface area contributed by atoms with Crippen LogP contribution in [0, 0.1) is 0 Å². The molecule has 1 saturated heterocycles. The fourth-order valence-electron chi connectivity index (χ4n) is 3.86. The first kappa shape index (κ1) is 16.9. The molecule has 1 aliphatic carbocycles. The molecular formula is C18H28N2O2S. The van der Waals surface area contributed by atoms with E-state index < -0.39 is 0 Å². The van der Waals surface area contributed by atoms with Crippen molar-refractivity contribution in [2.45, 2.75) is 64.3 Å². The summed E-state index contributed by atoms with van der Waals surface area (Å²) in [6.45, 7) is 6.99. The van der Waals surface area contributed by atoms with E-state index in [2.05, 4.69) is 35.6 Å². The van der Waals surface area contributed by atoms with E-state index in [0.29, 0.717) is 12.6 Å². The number of amides is 1. The number of carbonyl (C=O) groups is 1. The summed E-state index contributed by atoms with van der Waals surface area (Å²) in [5.41, 5.74) is 1.33. The Morgan fingerprint density at radius 2 is 2.00 bits per heavy atom. The van der Waals surface area contributed by atoms with Gasteiger partial charge in [0.25, 0.3) is 0 Å². The second-order valence-corrected chi connectivity index (χ2v) is 7.81. The van der Waals surface area contributed by atoms with Gasteiger partial charge >= 0.3 is 0 Å². The van der Waals surface area contributed by atoms with Crippen LogP contribution in [0.15, 0.2) is 16.8 Å². The first-order valence-corrected chi connectivity index (χ1v) is 9.74. The van der Waals surface area contributed by atoms with Gasteiger partial charge in [-0.15, -0.1) is 0 Å². The number of hydrogen-bond acceptors (Lipinski definition) is 4. The van der Waals surface area contributed by atoms with Crippen molar-refractivity contribution >= 4 is 17.2 Å². The van der Waals surface area contributed by atoms with E-state index >= 15 is 0 Å². The Morgan fingerprint density at radius 1 is 1.30 bits per heavy atom. The molecule has 4 nitrogen and oxygen atoms in total. The summed E-state index contributed by atoms with van der Waals surface area (Å²) in [5.74, 6) is 0.258. The maximum Gasteiger partial charge on any atom is 0.236 e. The molecule has 2 aliphatic rings. The minimum atomic E-state index is 0.138. The summed E-state index contributed by atoms with van der Waals surface area (Å²) in [4.78, 5) is 17.2. The van der Waals surface area contributed by atoms with Crippen molar-refractivity contribution in [2.24, 2.45) is 0 Å². The number of hydrogen-bond donors (Lipinski definition) is 0. The predicted molar refractivity (Wildman–Crippen MR) is 93.6 cm³/mol. The van der Waals surface area contributed by atoms with Gasteiger partial charge < -0.3 is 9.64 Å². The molecule has 1 aromatic heterocycles. The lowest BCUT2D eigenvalue weighted by atomic mass is 10.1. The molecule has 0 radical (unpaired) electrons. The lowest BCUT2D eigenvalue weighted by Gasteiger charge is -2.37. The summed E-state index contributed by atoms with van der Waals surface area (Å²) in [6.07, 6.45) is 5.33. The van der Waals surface area contributed by atoms with Crippen LogP contribution in [0.1, 0.15) is 45.1 Å². The molecule has 2 atom stereocenters. The molecule has 23 heavy (non-hydrogen) atoms. The van der Waals surface area contributed by atoms with Crippen molar-refractivity contribution in [1.82, 2.24) is 9.80 Å². The Morgan fingerprint density at radius 3 is 2.61 bits per heavy atom. The Labute approximate surface area is 143 Å². The van der Waals surface area contributed by atoms with Gasteiger partial charge in [-0.05, 0) is 49.1 Å².